The first kappa shape index (κ1) is 25.3. The van der Waals surface area contributed by atoms with Crippen LogP contribution in [0.2, 0.25) is 0 Å². The number of benzene rings is 5. The molecule has 0 saturated heterocycles. The standard InChI is InChI=1S/C41H31N5O/c1-24-23-25(2)46-41-36-31(14-10-15-33(36)45(24)46)44-30-13-8-9-16-34(30)47-35-22-21-32(37(41)39(35)44)43-26(3)38(42(4)40(41)43)29-19-17-28(18-20-29)27-11-6-5-7-12-27/h5-23H,1-4H3/q+2. The van der Waals surface area contributed by atoms with Crippen LogP contribution in [0, 0.1) is 20.8 Å². The second-order valence-corrected chi connectivity index (χ2v) is 13.2. The second kappa shape index (κ2) is 8.28. The maximum absolute atomic E-state index is 6.70. The van der Waals surface area contributed by atoms with Gasteiger partial charge in [-0.3, -0.25) is 0 Å². The molecule has 1 unspecified atom stereocenters. The van der Waals surface area contributed by atoms with E-state index in [1.807, 2.05) is 0 Å². The van der Waals surface area contributed by atoms with Crippen LogP contribution >= 0.6 is 0 Å². The Bertz CT molecular complexity index is 2540. The van der Waals surface area contributed by atoms with Gasteiger partial charge in [0.15, 0.2) is 22.9 Å². The number of fused-ring (bicyclic) bond motifs is 7. The summed E-state index contributed by atoms with van der Waals surface area (Å²) in [6.45, 7) is 6.75. The van der Waals surface area contributed by atoms with Crippen molar-refractivity contribution in [3.63, 3.8) is 0 Å². The molecular weight excluding hydrogens is 578 g/mol. The van der Waals surface area contributed by atoms with E-state index in [2.05, 4.69) is 166 Å². The number of ether oxygens (including phenoxy) is 1. The van der Waals surface area contributed by atoms with Crippen molar-refractivity contribution in [3.05, 3.63) is 149 Å². The van der Waals surface area contributed by atoms with E-state index >= 15 is 0 Å². The van der Waals surface area contributed by atoms with Crippen molar-refractivity contribution >= 4 is 17.1 Å². The summed E-state index contributed by atoms with van der Waals surface area (Å²) in [5.74, 6) is 3.00. The third kappa shape index (κ3) is 2.73. The number of para-hydroxylation sites is 2. The average molecular weight is 610 g/mol. The van der Waals surface area contributed by atoms with E-state index in [4.69, 9.17) is 4.74 Å². The summed E-state index contributed by atoms with van der Waals surface area (Å²) in [5, 5.41) is 0. The highest BCUT2D eigenvalue weighted by molar-refractivity contribution is 5.97. The zero-order chi connectivity index (χ0) is 31.3. The fourth-order valence-electron chi connectivity index (χ4n) is 9.31. The smallest absolute Gasteiger partial charge is 0.352 e. The quantitative estimate of drug-likeness (QED) is 0.186. The first-order valence-electron chi connectivity index (χ1n) is 16.3. The maximum atomic E-state index is 6.70. The van der Waals surface area contributed by atoms with E-state index in [-0.39, 0.29) is 0 Å². The van der Waals surface area contributed by atoms with Crippen molar-refractivity contribution in [3.8, 4) is 45.3 Å². The summed E-state index contributed by atoms with van der Waals surface area (Å²) in [6.07, 6.45) is 0. The number of aryl methyl sites for hydroxylation is 2. The number of rotatable bonds is 2. The summed E-state index contributed by atoms with van der Waals surface area (Å²) in [6, 6.07) is 41.6. The fraction of sp³-hybridized carbons (Fsp3) is 0.122. The van der Waals surface area contributed by atoms with Crippen LogP contribution in [0.15, 0.2) is 115 Å². The molecule has 1 atom stereocenters. The van der Waals surface area contributed by atoms with Gasteiger partial charge in [0.2, 0.25) is 5.69 Å². The van der Waals surface area contributed by atoms with Crippen molar-refractivity contribution in [2.45, 2.75) is 26.3 Å². The molecule has 47 heavy (non-hydrogen) atoms. The van der Waals surface area contributed by atoms with Crippen molar-refractivity contribution < 1.29 is 14.0 Å². The number of hydrogen-bond acceptors (Lipinski definition) is 2. The van der Waals surface area contributed by atoms with Crippen LogP contribution in [-0.2, 0) is 12.6 Å². The third-order valence-corrected chi connectivity index (χ3v) is 10.9. The highest BCUT2D eigenvalue weighted by Crippen LogP contribution is 2.66. The highest BCUT2D eigenvalue weighted by Gasteiger charge is 2.73. The molecule has 7 aromatic rings. The van der Waals surface area contributed by atoms with Gasteiger partial charge in [-0.2, -0.15) is 4.57 Å². The summed E-state index contributed by atoms with van der Waals surface area (Å²) in [7, 11) is 2.25. The lowest BCUT2D eigenvalue weighted by Gasteiger charge is -2.39. The number of hydrogen-bond donors (Lipinski definition) is 0. The SMILES string of the molecule is Cc1c(-c2ccc(-c3ccccc3)cc2)[n+](C)c2n1-c1ccc3c4c1C21c2c(cccc2-n2c(C)cc(C)[n+]21)N4c1ccccc1O3. The predicted molar refractivity (Wildman–Crippen MR) is 182 cm³/mol. The van der Waals surface area contributed by atoms with Crippen LogP contribution in [-0.4, -0.2) is 9.25 Å². The zero-order valence-electron chi connectivity index (χ0n) is 26.6. The molecular formula is C41H31N5O+2. The van der Waals surface area contributed by atoms with Crippen LogP contribution in [0.5, 0.6) is 11.5 Å². The minimum absolute atomic E-state index is 0.598. The molecule has 6 heterocycles. The lowest BCUT2D eigenvalue weighted by atomic mass is 9.77. The molecule has 0 fully saturated rings. The molecule has 0 radical (unpaired) electrons. The normalized spacial score (nSPS) is 16.7. The molecule has 0 N–H and O–H groups in total. The molecule has 4 aliphatic heterocycles. The molecule has 0 saturated carbocycles. The van der Waals surface area contributed by atoms with Crippen molar-refractivity contribution in [2.75, 3.05) is 4.90 Å². The first-order valence-corrected chi connectivity index (χ1v) is 16.3. The van der Waals surface area contributed by atoms with Gasteiger partial charge in [-0.15, -0.1) is 4.68 Å². The van der Waals surface area contributed by atoms with Gasteiger partial charge in [-0.05, 0) is 66.6 Å². The lowest BCUT2D eigenvalue weighted by molar-refractivity contribution is -0.818. The van der Waals surface area contributed by atoms with E-state index in [1.165, 1.54) is 73.5 Å². The Morgan fingerprint density at radius 1 is 0.617 bits per heavy atom. The third-order valence-electron chi connectivity index (χ3n) is 10.9. The number of imidazole rings is 1. The van der Waals surface area contributed by atoms with Crippen LogP contribution in [0.1, 0.15) is 34.0 Å². The second-order valence-electron chi connectivity index (χ2n) is 13.2. The van der Waals surface area contributed by atoms with Gasteiger partial charge >= 0.3 is 11.4 Å². The summed E-state index contributed by atoms with van der Waals surface area (Å²) >= 11 is 0. The largest absolute Gasteiger partial charge is 0.453 e. The fourth-order valence-corrected chi connectivity index (χ4v) is 9.31. The number of anilines is 3. The van der Waals surface area contributed by atoms with Crippen LogP contribution < -0.4 is 18.9 Å². The van der Waals surface area contributed by atoms with Crippen molar-refractivity contribution in [1.29, 1.82) is 0 Å². The van der Waals surface area contributed by atoms with E-state index in [9.17, 15) is 0 Å². The Morgan fingerprint density at radius 3 is 2.15 bits per heavy atom. The monoisotopic (exact) mass is 609 g/mol. The van der Waals surface area contributed by atoms with Crippen LogP contribution in [0.25, 0.3) is 33.8 Å². The molecule has 11 rings (SSSR count). The number of nitrogens with zero attached hydrogens (tertiary/aromatic N) is 5. The van der Waals surface area contributed by atoms with E-state index in [0.717, 1.165) is 22.9 Å². The number of aromatic nitrogens is 4. The van der Waals surface area contributed by atoms with Crippen molar-refractivity contribution in [1.82, 2.24) is 9.25 Å². The van der Waals surface area contributed by atoms with Crippen LogP contribution in [0.3, 0.4) is 0 Å². The molecule has 0 amide bonds. The Kier molecular flexibility index (Phi) is 4.46. The molecule has 2 aromatic heterocycles. The van der Waals surface area contributed by atoms with Gasteiger partial charge in [0, 0.05) is 25.5 Å². The summed E-state index contributed by atoms with van der Waals surface area (Å²) in [5.41, 5.74) is 16.3. The lowest BCUT2D eigenvalue weighted by Crippen LogP contribution is -2.64. The maximum Gasteiger partial charge on any atom is 0.352 e. The Labute approximate surface area is 272 Å². The highest BCUT2D eigenvalue weighted by atomic mass is 16.5. The first-order chi connectivity index (χ1) is 23.0. The molecule has 0 bridgehead atoms. The molecule has 5 aromatic carbocycles. The Balaban J connectivity index is 1.27. The van der Waals surface area contributed by atoms with Crippen LogP contribution in [0.4, 0.5) is 17.1 Å². The molecule has 6 nitrogen and oxygen atoms in total. The van der Waals surface area contributed by atoms with Crippen molar-refractivity contribution in [2.24, 2.45) is 7.05 Å². The van der Waals surface area contributed by atoms with E-state index in [1.54, 1.807) is 0 Å². The molecule has 4 aliphatic rings. The van der Waals surface area contributed by atoms with Gasteiger partial charge in [0.25, 0.3) is 0 Å². The predicted octanol–water partition coefficient (Wildman–Crippen LogP) is 8.00. The van der Waals surface area contributed by atoms with E-state index < -0.39 is 5.54 Å². The summed E-state index contributed by atoms with van der Waals surface area (Å²) in [4.78, 5) is 2.45. The molecule has 1 spiro atoms. The molecule has 6 heteroatoms. The van der Waals surface area contributed by atoms with Gasteiger partial charge in [0.1, 0.15) is 22.6 Å². The Morgan fingerprint density at radius 2 is 1.32 bits per heavy atom. The van der Waals surface area contributed by atoms with Gasteiger partial charge in [0.05, 0.1) is 29.7 Å². The zero-order valence-corrected chi connectivity index (χ0v) is 26.6. The molecule has 0 aliphatic carbocycles. The minimum atomic E-state index is -0.598. The van der Waals surface area contributed by atoms with Gasteiger partial charge in [-0.25, -0.2) is 4.57 Å². The average Bonchev–Trinajstić information content (AvgIpc) is 3.78. The Hall–Kier alpha value is -5.88. The minimum Gasteiger partial charge on any atom is -0.453 e. The van der Waals surface area contributed by atoms with Gasteiger partial charge in [-0.1, -0.05) is 65.3 Å². The van der Waals surface area contributed by atoms with Gasteiger partial charge < -0.3 is 9.64 Å². The summed E-state index contributed by atoms with van der Waals surface area (Å²) < 4.78 is 16.7. The molecule has 224 valence electrons. The topological polar surface area (TPSA) is 30.1 Å². The van der Waals surface area contributed by atoms with E-state index in [0.29, 0.717) is 0 Å².